The van der Waals surface area contributed by atoms with Crippen LogP contribution >= 0.6 is 11.3 Å². The normalized spacial score (nSPS) is 21.7. The molecular weight excluding hydrogens is 312 g/mol. The molecule has 6 nitrogen and oxygen atoms in total. The fraction of sp³-hybridized carbons (Fsp3) is 0.562. The Bertz CT molecular complexity index is 691. The van der Waals surface area contributed by atoms with Gasteiger partial charge in [0.25, 0.3) is 0 Å². The zero-order valence-electron chi connectivity index (χ0n) is 13.1. The van der Waals surface area contributed by atoms with Gasteiger partial charge in [0.05, 0.1) is 17.5 Å². The molecule has 2 amide bonds. The summed E-state index contributed by atoms with van der Waals surface area (Å²) >= 11 is 1.52. The Kier molecular flexibility index (Phi) is 4.37. The Labute approximate surface area is 139 Å². The Morgan fingerprint density at radius 1 is 1.48 bits per heavy atom. The molecule has 1 aromatic heterocycles. The van der Waals surface area contributed by atoms with Crippen LogP contribution in [0.2, 0.25) is 0 Å². The predicted molar refractivity (Wildman–Crippen MR) is 88.0 cm³/mol. The topological polar surface area (TPSA) is 99.2 Å². The highest BCUT2D eigenvalue weighted by Crippen LogP contribution is 2.38. The lowest BCUT2D eigenvalue weighted by Crippen LogP contribution is -2.41. The van der Waals surface area contributed by atoms with Crippen molar-refractivity contribution in [2.75, 3.05) is 18.4 Å². The number of aryl methyl sites for hydroxylation is 1. The number of nitriles is 1. The number of carbonyl (C=O) groups is 2. The minimum absolute atomic E-state index is 0.133. The first-order chi connectivity index (χ1) is 11.0. The minimum Gasteiger partial charge on any atom is -0.369 e. The van der Waals surface area contributed by atoms with Gasteiger partial charge in [0.1, 0.15) is 11.1 Å². The van der Waals surface area contributed by atoms with Gasteiger partial charge in [-0.05, 0) is 44.7 Å². The van der Waals surface area contributed by atoms with Gasteiger partial charge in [0.15, 0.2) is 0 Å². The lowest BCUT2D eigenvalue weighted by atomic mass is 10.1. The molecule has 1 saturated heterocycles. The van der Waals surface area contributed by atoms with Crippen LogP contribution in [0.25, 0.3) is 0 Å². The second kappa shape index (κ2) is 6.30. The first-order valence-electron chi connectivity index (χ1n) is 7.90. The van der Waals surface area contributed by atoms with E-state index < -0.39 is 0 Å². The molecule has 2 heterocycles. The third kappa shape index (κ3) is 2.96. The highest BCUT2D eigenvalue weighted by atomic mass is 32.1. The Balaban J connectivity index is 1.68. The van der Waals surface area contributed by atoms with Gasteiger partial charge in [-0.2, -0.15) is 5.26 Å². The molecule has 0 spiro atoms. The molecule has 7 heteroatoms. The molecule has 1 aromatic rings. The molecule has 1 aliphatic carbocycles. The van der Waals surface area contributed by atoms with Crippen LogP contribution in [0, 0.1) is 17.2 Å². The van der Waals surface area contributed by atoms with Crippen LogP contribution in [0.3, 0.4) is 0 Å². The molecule has 0 unspecified atom stereocenters. The van der Waals surface area contributed by atoms with Crippen LogP contribution in [0.1, 0.15) is 35.8 Å². The molecule has 0 aromatic carbocycles. The quantitative estimate of drug-likeness (QED) is 0.866. The number of primary amides is 1. The average Bonchev–Trinajstić information content (AvgIpc) is 3.21. The van der Waals surface area contributed by atoms with Gasteiger partial charge in [-0.1, -0.05) is 0 Å². The van der Waals surface area contributed by atoms with Crippen LogP contribution < -0.4 is 11.1 Å². The van der Waals surface area contributed by atoms with Gasteiger partial charge in [-0.25, -0.2) is 0 Å². The number of carbonyl (C=O) groups excluding carboxylic acids is 2. The van der Waals surface area contributed by atoms with Gasteiger partial charge in [0.2, 0.25) is 11.8 Å². The maximum absolute atomic E-state index is 12.5. The summed E-state index contributed by atoms with van der Waals surface area (Å²) in [6.07, 6.45) is 3.70. The fourth-order valence-electron chi connectivity index (χ4n) is 3.36. The zero-order chi connectivity index (χ0) is 16.6. The first-order valence-corrected chi connectivity index (χ1v) is 8.71. The number of rotatable bonds is 4. The summed E-state index contributed by atoms with van der Waals surface area (Å²) in [6, 6.07) is 1.89. The maximum Gasteiger partial charge on any atom is 0.242 e. The molecule has 3 N–H and O–H groups in total. The van der Waals surface area contributed by atoms with Crippen molar-refractivity contribution < 1.29 is 9.59 Å². The fourth-order valence-corrected chi connectivity index (χ4v) is 4.61. The Hall–Kier alpha value is -1.91. The summed E-state index contributed by atoms with van der Waals surface area (Å²) in [6.45, 7) is 3.04. The van der Waals surface area contributed by atoms with E-state index in [-0.39, 0.29) is 23.8 Å². The van der Waals surface area contributed by atoms with Crippen molar-refractivity contribution in [3.8, 4) is 6.07 Å². The van der Waals surface area contributed by atoms with Crippen molar-refractivity contribution in [1.82, 2.24) is 4.90 Å². The number of fused-ring (bicyclic) bond motifs is 1. The number of hydrogen-bond donors (Lipinski definition) is 2. The zero-order valence-corrected chi connectivity index (χ0v) is 13.9. The van der Waals surface area contributed by atoms with Gasteiger partial charge in [0, 0.05) is 11.4 Å². The number of likely N-dealkylation sites (tertiary alicyclic amines) is 1. The number of anilines is 1. The monoisotopic (exact) mass is 332 g/mol. The molecule has 2 atom stereocenters. The summed E-state index contributed by atoms with van der Waals surface area (Å²) in [5.41, 5.74) is 7.07. The number of amides is 2. The third-order valence-corrected chi connectivity index (χ3v) is 6.03. The highest BCUT2D eigenvalue weighted by molar-refractivity contribution is 7.16. The molecule has 1 fully saturated rings. The first kappa shape index (κ1) is 16.0. The van der Waals surface area contributed by atoms with Gasteiger partial charge < -0.3 is 11.1 Å². The molecule has 1 aliphatic heterocycles. The summed E-state index contributed by atoms with van der Waals surface area (Å²) in [7, 11) is 0. The maximum atomic E-state index is 12.5. The smallest absolute Gasteiger partial charge is 0.242 e. The summed E-state index contributed by atoms with van der Waals surface area (Å²) in [4.78, 5) is 26.9. The SMILES string of the molecule is C[C@@H](C(=O)Nc1sc2c(c1C#N)CCC2)N1CC[C@@H](C(N)=O)C1. The molecule has 23 heavy (non-hydrogen) atoms. The molecular formula is C16H20N4O2S. The van der Waals surface area contributed by atoms with Crippen molar-refractivity contribution in [1.29, 1.82) is 5.26 Å². The highest BCUT2D eigenvalue weighted by Gasteiger charge is 2.33. The standard InChI is InChI=1S/C16H20N4O2S/c1-9(20-6-5-10(8-20)14(18)21)15(22)19-16-12(7-17)11-3-2-4-13(11)23-16/h9-10H,2-6,8H2,1H3,(H2,18,21)(H,19,22)/t9-,10+/m0/s1. The van der Waals surface area contributed by atoms with Crippen molar-refractivity contribution in [3.05, 3.63) is 16.0 Å². The average molecular weight is 332 g/mol. The lowest BCUT2D eigenvalue weighted by Gasteiger charge is -2.23. The van der Waals surface area contributed by atoms with E-state index in [1.807, 2.05) is 11.8 Å². The Morgan fingerprint density at radius 2 is 2.26 bits per heavy atom. The van der Waals surface area contributed by atoms with Crippen LogP contribution in [0.15, 0.2) is 0 Å². The van der Waals surface area contributed by atoms with Gasteiger partial charge in [-0.15, -0.1) is 11.3 Å². The summed E-state index contributed by atoms with van der Waals surface area (Å²) < 4.78 is 0. The second-order valence-corrected chi connectivity index (χ2v) is 7.33. The third-order valence-electron chi connectivity index (χ3n) is 4.82. The van der Waals surface area contributed by atoms with Crippen LogP contribution in [0.5, 0.6) is 0 Å². The second-order valence-electron chi connectivity index (χ2n) is 6.22. The van der Waals surface area contributed by atoms with Gasteiger partial charge in [-0.3, -0.25) is 14.5 Å². The molecule has 2 aliphatic rings. The number of hydrogen-bond acceptors (Lipinski definition) is 5. The minimum atomic E-state index is -0.345. The van der Waals surface area contributed by atoms with Crippen molar-refractivity contribution >= 4 is 28.2 Å². The van der Waals surface area contributed by atoms with E-state index in [1.54, 1.807) is 0 Å². The number of nitrogens with two attached hydrogens (primary N) is 1. The number of nitrogens with zero attached hydrogens (tertiary/aromatic N) is 2. The summed E-state index contributed by atoms with van der Waals surface area (Å²) in [5, 5.41) is 13.0. The van der Waals surface area contributed by atoms with Crippen molar-refractivity contribution in [2.45, 2.75) is 38.6 Å². The van der Waals surface area contributed by atoms with Crippen molar-refractivity contribution in [2.24, 2.45) is 11.7 Å². The van der Waals surface area contributed by atoms with E-state index in [0.717, 1.165) is 24.8 Å². The molecule has 0 saturated carbocycles. The van der Waals surface area contributed by atoms with E-state index in [2.05, 4.69) is 11.4 Å². The number of thiophene rings is 1. The lowest BCUT2D eigenvalue weighted by molar-refractivity contribution is -0.123. The van der Waals surface area contributed by atoms with Gasteiger partial charge >= 0.3 is 0 Å². The van der Waals surface area contributed by atoms with Crippen LogP contribution in [-0.4, -0.2) is 35.8 Å². The predicted octanol–water partition coefficient (Wildman–Crippen LogP) is 1.24. The van der Waals surface area contributed by atoms with Crippen LogP contribution in [-0.2, 0) is 22.4 Å². The van der Waals surface area contributed by atoms with E-state index in [1.165, 1.54) is 16.2 Å². The van der Waals surface area contributed by atoms with Crippen molar-refractivity contribution in [3.63, 3.8) is 0 Å². The van der Waals surface area contributed by atoms with Crippen LogP contribution in [0.4, 0.5) is 5.00 Å². The Morgan fingerprint density at radius 3 is 2.91 bits per heavy atom. The largest absolute Gasteiger partial charge is 0.369 e. The van der Waals surface area contributed by atoms with E-state index >= 15 is 0 Å². The molecule has 3 rings (SSSR count). The summed E-state index contributed by atoms with van der Waals surface area (Å²) in [5.74, 6) is -0.612. The number of nitrogens with one attached hydrogen (secondary N) is 1. The van der Waals surface area contributed by atoms with E-state index in [0.29, 0.717) is 30.1 Å². The van der Waals surface area contributed by atoms with E-state index in [9.17, 15) is 14.9 Å². The molecule has 0 bridgehead atoms. The van der Waals surface area contributed by atoms with E-state index in [4.69, 9.17) is 5.73 Å². The molecule has 0 radical (unpaired) electrons. The molecule has 122 valence electrons.